The van der Waals surface area contributed by atoms with Crippen LogP contribution < -0.4 is 5.32 Å². The third kappa shape index (κ3) is 7.44. The first kappa shape index (κ1) is 14.5. The molecule has 0 aromatic carbocycles. The van der Waals surface area contributed by atoms with Crippen molar-refractivity contribution in [2.75, 3.05) is 6.16 Å². The van der Waals surface area contributed by atoms with E-state index in [1.54, 1.807) is 0 Å². The minimum absolute atomic E-state index is 0.614. The lowest BCUT2D eigenvalue weighted by atomic mass is 10.6. The highest BCUT2D eigenvalue weighted by Gasteiger charge is 2.23. The summed E-state index contributed by atoms with van der Waals surface area (Å²) in [7, 11) is -9.13. The molecule has 0 rings (SSSR count). The molecule has 0 fully saturated rings. The molecule has 15 heavy (non-hydrogen) atoms. The van der Waals surface area contributed by atoms with Crippen LogP contribution in [0.25, 0.3) is 0 Å². The molecular formula is C5H11NO7P2. The molecule has 5 N–H and O–H groups in total. The van der Waals surface area contributed by atoms with E-state index in [4.69, 9.17) is 19.6 Å². The summed E-state index contributed by atoms with van der Waals surface area (Å²) in [4.78, 5) is 44.9. The minimum atomic E-state index is -4.73. The molecule has 0 unspecified atom stereocenters. The maximum absolute atomic E-state index is 10.7. The van der Waals surface area contributed by atoms with Crippen LogP contribution in [0.15, 0.2) is 11.5 Å². The molecule has 0 saturated carbocycles. The normalized spacial score (nSPS) is 13.8. The Bertz CT molecular complexity index is 364. The van der Waals surface area contributed by atoms with E-state index in [9.17, 15) is 13.9 Å². The van der Waals surface area contributed by atoms with E-state index >= 15 is 0 Å². The van der Waals surface area contributed by atoms with Gasteiger partial charge in [0, 0.05) is 6.92 Å². The van der Waals surface area contributed by atoms with Gasteiger partial charge in [-0.2, -0.15) is 0 Å². The fourth-order valence-electron chi connectivity index (χ4n) is 0.629. The molecular weight excluding hydrogens is 248 g/mol. The minimum Gasteiger partial charge on any atom is -0.324 e. The number of rotatable bonds is 4. The van der Waals surface area contributed by atoms with Gasteiger partial charge in [0.05, 0.1) is 6.16 Å². The third-order valence-electron chi connectivity index (χ3n) is 1.14. The lowest BCUT2D eigenvalue weighted by Crippen LogP contribution is -2.19. The number of hydrogen-bond acceptors (Lipinski definition) is 3. The smallest absolute Gasteiger partial charge is 0.324 e. The van der Waals surface area contributed by atoms with Crippen LogP contribution in [0.3, 0.4) is 0 Å². The van der Waals surface area contributed by atoms with Gasteiger partial charge in [-0.1, -0.05) is 0 Å². The zero-order chi connectivity index (χ0) is 12.3. The van der Waals surface area contributed by atoms with Crippen molar-refractivity contribution in [3.63, 3.8) is 0 Å². The monoisotopic (exact) mass is 259 g/mol. The Morgan fingerprint density at radius 1 is 1.27 bits per heavy atom. The van der Waals surface area contributed by atoms with Crippen LogP contribution in [0.4, 0.5) is 0 Å². The van der Waals surface area contributed by atoms with Crippen molar-refractivity contribution in [1.82, 2.24) is 5.32 Å². The van der Waals surface area contributed by atoms with Gasteiger partial charge in [0.25, 0.3) is 0 Å². The van der Waals surface area contributed by atoms with Crippen LogP contribution in [0, 0.1) is 0 Å². The van der Waals surface area contributed by atoms with Crippen molar-refractivity contribution in [1.29, 1.82) is 0 Å². The number of allylic oxidation sites excluding steroid dienone is 1. The fraction of sp³-hybridized carbons (Fsp3) is 0.400. The van der Waals surface area contributed by atoms with E-state index in [0.29, 0.717) is 6.08 Å². The van der Waals surface area contributed by atoms with Gasteiger partial charge in [0.1, 0.15) is 5.44 Å². The predicted octanol–water partition coefficient (Wildman–Crippen LogP) is -0.681. The standard InChI is InChI=1S/C5H11NO7P2/c1-4(7)6-5(15(11,12)13)2-3-14(8,9)10/h2H,3H2,1H3,(H,6,7)(H2,8,9,10)(H2,11,12,13). The average molecular weight is 259 g/mol. The van der Waals surface area contributed by atoms with Crippen molar-refractivity contribution < 1.29 is 33.5 Å². The number of nitrogens with one attached hydrogen (secondary N) is 1. The highest BCUT2D eigenvalue weighted by atomic mass is 31.2. The highest BCUT2D eigenvalue weighted by Crippen LogP contribution is 2.44. The molecule has 0 heterocycles. The van der Waals surface area contributed by atoms with Crippen molar-refractivity contribution in [3.8, 4) is 0 Å². The van der Waals surface area contributed by atoms with Crippen LogP contribution in [-0.4, -0.2) is 31.6 Å². The average Bonchev–Trinajstić information content (AvgIpc) is 1.93. The van der Waals surface area contributed by atoms with Gasteiger partial charge in [-0.3, -0.25) is 13.9 Å². The quantitative estimate of drug-likeness (QED) is 0.420. The number of amides is 1. The Hall–Kier alpha value is -0.490. The van der Waals surface area contributed by atoms with Gasteiger partial charge in [0.15, 0.2) is 0 Å². The molecule has 0 spiro atoms. The molecule has 88 valence electrons. The van der Waals surface area contributed by atoms with Crippen LogP contribution in [0.1, 0.15) is 6.92 Å². The summed E-state index contributed by atoms with van der Waals surface area (Å²) in [6, 6.07) is 0. The van der Waals surface area contributed by atoms with Crippen molar-refractivity contribution in [2.45, 2.75) is 6.92 Å². The zero-order valence-corrected chi connectivity index (χ0v) is 9.48. The van der Waals surface area contributed by atoms with E-state index < -0.39 is 32.7 Å². The lowest BCUT2D eigenvalue weighted by molar-refractivity contribution is -0.118. The first-order valence-corrected chi connectivity index (χ1v) is 7.02. The number of carbonyl (C=O) groups excluding carboxylic acids is 1. The van der Waals surface area contributed by atoms with E-state index in [-0.39, 0.29) is 0 Å². The summed E-state index contributed by atoms with van der Waals surface area (Å²) >= 11 is 0. The van der Waals surface area contributed by atoms with E-state index in [0.717, 1.165) is 6.92 Å². The molecule has 8 nitrogen and oxygen atoms in total. The summed E-state index contributed by atoms with van der Waals surface area (Å²) < 4.78 is 21.2. The summed E-state index contributed by atoms with van der Waals surface area (Å²) in [5.74, 6) is -0.740. The lowest BCUT2D eigenvalue weighted by Gasteiger charge is -2.09. The predicted molar refractivity (Wildman–Crippen MR) is 50.9 cm³/mol. The molecule has 0 aromatic rings. The Morgan fingerprint density at radius 2 is 1.73 bits per heavy atom. The largest absolute Gasteiger partial charge is 0.372 e. The second-order valence-corrected chi connectivity index (χ2v) is 5.93. The first-order valence-electron chi connectivity index (χ1n) is 3.61. The molecule has 0 bridgehead atoms. The van der Waals surface area contributed by atoms with Crippen LogP contribution >= 0.6 is 15.2 Å². The number of hydrogen-bond donors (Lipinski definition) is 5. The third-order valence-corrected chi connectivity index (χ3v) is 2.72. The maximum atomic E-state index is 10.7. The summed E-state index contributed by atoms with van der Waals surface area (Å²) in [6.45, 7) is 1.01. The van der Waals surface area contributed by atoms with Crippen molar-refractivity contribution in [3.05, 3.63) is 11.5 Å². The molecule has 0 radical (unpaired) electrons. The van der Waals surface area contributed by atoms with Gasteiger partial charge >= 0.3 is 15.2 Å². The Kier molecular flexibility index (Phi) is 4.86. The molecule has 0 saturated heterocycles. The summed E-state index contributed by atoms with van der Waals surface area (Å²) in [6.07, 6.45) is -0.239. The SMILES string of the molecule is CC(=O)NC(=CCP(=O)(O)O)P(=O)(O)O. The summed E-state index contributed by atoms with van der Waals surface area (Å²) in [5, 5.41) is 1.81. The Morgan fingerprint density at radius 3 is 2.00 bits per heavy atom. The van der Waals surface area contributed by atoms with E-state index in [1.165, 1.54) is 0 Å². The van der Waals surface area contributed by atoms with Gasteiger partial charge < -0.3 is 24.9 Å². The van der Waals surface area contributed by atoms with E-state index in [2.05, 4.69) is 0 Å². The van der Waals surface area contributed by atoms with Gasteiger partial charge in [-0.25, -0.2) is 0 Å². The molecule has 1 amide bonds. The van der Waals surface area contributed by atoms with Crippen LogP contribution in [0.5, 0.6) is 0 Å². The molecule has 0 aromatic heterocycles. The Balaban J connectivity index is 4.88. The van der Waals surface area contributed by atoms with Crippen molar-refractivity contribution in [2.24, 2.45) is 0 Å². The fourth-order valence-corrected chi connectivity index (χ4v) is 1.83. The number of carbonyl (C=O) groups is 1. The van der Waals surface area contributed by atoms with Gasteiger partial charge in [-0.15, -0.1) is 0 Å². The molecule has 0 atom stereocenters. The molecule has 10 heteroatoms. The van der Waals surface area contributed by atoms with Crippen molar-refractivity contribution >= 4 is 21.1 Å². The maximum Gasteiger partial charge on any atom is 0.372 e. The molecule has 0 aliphatic rings. The topological polar surface area (TPSA) is 144 Å². The second kappa shape index (κ2) is 5.03. The van der Waals surface area contributed by atoms with E-state index in [1.807, 2.05) is 5.32 Å². The highest BCUT2D eigenvalue weighted by molar-refractivity contribution is 7.56. The van der Waals surface area contributed by atoms with Gasteiger partial charge in [-0.05, 0) is 6.08 Å². The molecule has 0 aliphatic heterocycles. The first-order chi connectivity index (χ1) is 6.52. The van der Waals surface area contributed by atoms with Gasteiger partial charge in [0.2, 0.25) is 5.91 Å². The Labute approximate surface area is 85.3 Å². The summed E-state index contributed by atoms with van der Waals surface area (Å²) in [5.41, 5.74) is -0.807. The van der Waals surface area contributed by atoms with Crippen LogP contribution in [0.2, 0.25) is 0 Å². The van der Waals surface area contributed by atoms with Crippen LogP contribution in [-0.2, 0) is 13.9 Å². The zero-order valence-electron chi connectivity index (χ0n) is 7.69. The molecule has 0 aliphatic carbocycles. The second-order valence-electron chi connectivity index (χ2n) is 2.66.